The Hall–Kier alpha value is -6.66. The molecule has 1 aromatic heterocycles. The maximum Gasteiger partial charge on any atom is 0.175 e. The molecule has 306 valence electrons. The van der Waals surface area contributed by atoms with Crippen LogP contribution in [-0.4, -0.2) is 21.1 Å². The molecule has 0 amide bonds. The van der Waals surface area contributed by atoms with Gasteiger partial charge in [0.2, 0.25) is 0 Å². The van der Waals surface area contributed by atoms with Gasteiger partial charge in [0.1, 0.15) is 0 Å². The van der Waals surface area contributed by atoms with Gasteiger partial charge in [-0.25, -0.2) is 0 Å². The van der Waals surface area contributed by atoms with E-state index in [4.69, 9.17) is 4.98 Å². The molecule has 0 fully saturated rings. The van der Waals surface area contributed by atoms with E-state index in [0.29, 0.717) is 0 Å². The van der Waals surface area contributed by atoms with Gasteiger partial charge in [0.05, 0.1) is 0 Å². The minimum atomic E-state index is -2.68. The van der Waals surface area contributed by atoms with Gasteiger partial charge in [-0.3, -0.25) is 4.98 Å². The van der Waals surface area contributed by atoms with Crippen molar-refractivity contribution < 1.29 is 0 Å². The lowest BCUT2D eigenvalue weighted by molar-refractivity contribution is 0.628. The molecule has 0 saturated heterocycles. The average Bonchev–Trinajstić information content (AvgIpc) is 3.37. The predicted octanol–water partition coefficient (Wildman–Crippen LogP) is 10.6. The van der Waals surface area contributed by atoms with Crippen molar-refractivity contribution in [2.75, 3.05) is 0 Å². The van der Waals surface area contributed by atoms with Crippen molar-refractivity contribution >= 4 is 47.3 Å². The van der Waals surface area contributed by atoms with Crippen LogP contribution in [0.2, 0.25) is 0 Å². The van der Waals surface area contributed by atoms with E-state index in [-0.39, 0.29) is 11.8 Å². The number of rotatable bonds is 11. The molecule has 2 aliphatic carbocycles. The van der Waals surface area contributed by atoms with Gasteiger partial charge in [0.25, 0.3) is 0 Å². The number of aromatic nitrogens is 1. The fourth-order valence-electron chi connectivity index (χ4n) is 10.9. The third kappa shape index (κ3) is 7.56. The van der Waals surface area contributed by atoms with Crippen LogP contribution in [0.1, 0.15) is 54.5 Å². The molecule has 0 bridgehead atoms. The molecule has 0 radical (unpaired) electrons. The Morgan fingerprint density at radius 3 is 1.29 bits per heavy atom. The van der Waals surface area contributed by atoms with Crippen molar-refractivity contribution in [2.45, 2.75) is 44.4 Å². The van der Waals surface area contributed by atoms with Crippen LogP contribution in [0.25, 0.3) is 11.1 Å². The molecule has 0 aliphatic heterocycles. The second-order valence-electron chi connectivity index (χ2n) is 17.3. The molecular formula is C60H53NSi2. The van der Waals surface area contributed by atoms with E-state index in [0.717, 1.165) is 31.4 Å². The summed E-state index contributed by atoms with van der Waals surface area (Å²) in [6.45, 7) is 2.24. The summed E-state index contributed by atoms with van der Waals surface area (Å²) in [5.74, 6) is 0.308. The normalized spacial score (nSPS) is 16.5. The van der Waals surface area contributed by atoms with Gasteiger partial charge in [0, 0.05) is 23.2 Å². The molecule has 0 spiro atoms. The second-order valence-corrected chi connectivity index (χ2v) is 25.0. The molecule has 0 N–H and O–H groups in total. The highest BCUT2D eigenvalue weighted by Crippen LogP contribution is 2.39. The summed E-state index contributed by atoms with van der Waals surface area (Å²) < 4.78 is 0. The van der Waals surface area contributed by atoms with Crippen molar-refractivity contribution in [1.82, 2.24) is 4.98 Å². The number of hydrogen-bond acceptors (Lipinski definition) is 1. The fraction of sp³-hybridized carbons (Fsp3) is 0.117. The van der Waals surface area contributed by atoms with Gasteiger partial charge in [0.15, 0.2) is 16.1 Å². The standard InChI is InChI=1S/C60H53NSi2/c1-46-24-20-21-41-58(46)49-44-59(47-25-22-39-56(42-47)62(50-27-8-2-9-28-50,51-29-10-3-11-30-51)52-31-12-4-13-32-52)61-60(45-49)48-26-23-40-57(43-48)63(53-33-14-5-15-34-53,54-35-16-6-17-36-54)55-37-18-7-19-38-55/h2-22,24-25,27-39,41,43-45,47-48H,23,26,40,42H2,1H3. The Bertz CT molecular complexity index is 2700. The van der Waals surface area contributed by atoms with Gasteiger partial charge in [-0.05, 0) is 92.6 Å². The Morgan fingerprint density at radius 2 is 0.841 bits per heavy atom. The number of allylic oxidation sites excluding steroid dienone is 6. The Morgan fingerprint density at radius 1 is 0.444 bits per heavy atom. The van der Waals surface area contributed by atoms with Crippen molar-refractivity contribution in [3.8, 4) is 11.1 Å². The van der Waals surface area contributed by atoms with Crippen molar-refractivity contribution in [2.24, 2.45) is 0 Å². The monoisotopic (exact) mass is 843 g/mol. The van der Waals surface area contributed by atoms with Crippen LogP contribution >= 0.6 is 0 Å². The first kappa shape index (κ1) is 40.4. The highest BCUT2D eigenvalue weighted by atomic mass is 28.3. The van der Waals surface area contributed by atoms with Gasteiger partial charge in [-0.1, -0.05) is 241 Å². The molecule has 8 aromatic rings. The summed E-state index contributed by atoms with van der Waals surface area (Å²) in [7, 11) is -5.32. The van der Waals surface area contributed by atoms with E-state index >= 15 is 0 Å². The zero-order chi connectivity index (χ0) is 42.5. The lowest BCUT2D eigenvalue weighted by Gasteiger charge is -2.39. The molecule has 3 heteroatoms. The summed E-state index contributed by atoms with van der Waals surface area (Å²) >= 11 is 0. The summed E-state index contributed by atoms with van der Waals surface area (Å²) in [5.41, 5.74) is 6.16. The van der Waals surface area contributed by atoms with E-state index < -0.39 is 16.1 Å². The molecule has 7 aromatic carbocycles. The molecular weight excluding hydrogens is 791 g/mol. The quantitative estimate of drug-likeness (QED) is 0.0934. The Balaban J connectivity index is 1.13. The van der Waals surface area contributed by atoms with Gasteiger partial charge in [-0.2, -0.15) is 0 Å². The van der Waals surface area contributed by atoms with E-state index in [9.17, 15) is 0 Å². The summed E-state index contributed by atoms with van der Waals surface area (Å²) in [6, 6.07) is 81.8. The smallest absolute Gasteiger partial charge is 0.175 e. The van der Waals surface area contributed by atoms with Gasteiger partial charge >= 0.3 is 0 Å². The van der Waals surface area contributed by atoms with E-state index in [1.807, 2.05) is 0 Å². The van der Waals surface area contributed by atoms with E-state index in [1.165, 1.54) is 58.7 Å². The molecule has 10 rings (SSSR count). The van der Waals surface area contributed by atoms with Crippen LogP contribution in [0.15, 0.2) is 253 Å². The fourth-order valence-corrected chi connectivity index (χ4v) is 21.1. The topological polar surface area (TPSA) is 12.9 Å². The van der Waals surface area contributed by atoms with Crippen LogP contribution in [0.3, 0.4) is 0 Å². The zero-order valence-electron chi connectivity index (χ0n) is 36.0. The van der Waals surface area contributed by atoms with E-state index in [2.05, 4.69) is 250 Å². The summed E-state index contributed by atoms with van der Waals surface area (Å²) in [6.07, 6.45) is 14.1. The third-order valence-electron chi connectivity index (χ3n) is 13.7. The van der Waals surface area contributed by atoms with Crippen molar-refractivity contribution in [1.29, 1.82) is 0 Å². The highest BCUT2D eigenvalue weighted by Gasteiger charge is 2.45. The highest BCUT2D eigenvalue weighted by molar-refractivity contribution is 7.16. The number of aryl methyl sites for hydroxylation is 1. The lowest BCUT2D eigenvalue weighted by atomic mass is 9.88. The zero-order valence-corrected chi connectivity index (χ0v) is 38.0. The number of pyridine rings is 1. The third-order valence-corrected chi connectivity index (χ3v) is 23.6. The van der Waals surface area contributed by atoms with Gasteiger partial charge in [-0.15, -0.1) is 0 Å². The van der Waals surface area contributed by atoms with Crippen LogP contribution in [0, 0.1) is 6.92 Å². The summed E-state index contributed by atoms with van der Waals surface area (Å²) in [5, 5.41) is 11.6. The SMILES string of the molecule is Cc1ccccc1-c1cc(C2C=C([Si](c3ccccc3)(c3ccccc3)c3ccccc3)CCC2)nc(C2C=CC=C([Si](c3ccccc3)(c3ccccc3)c3ccccc3)C2)c1. The molecule has 1 nitrogen and oxygen atoms in total. The van der Waals surface area contributed by atoms with E-state index in [1.54, 1.807) is 5.20 Å². The molecule has 1 heterocycles. The minimum absolute atomic E-state index is 0.120. The number of benzene rings is 7. The second kappa shape index (κ2) is 18.0. The summed E-state index contributed by atoms with van der Waals surface area (Å²) in [4.78, 5) is 5.81. The van der Waals surface area contributed by atoms with Crippen molar-refractivity contribution in [3.05, 3.63) is 270 Å². The van der Waals surface area contributed by atoms with Crippen LogP contribution < -0.4 is 31.1 Å². The molecule has 2 unspecified atom stereocenters. The Kier molecular flexibility index (Phi) is 11.5. The van der Waals surface area contributed by atoms with Crippen molar-refractivity contribution in [3.63, 3.8) is 0 Å². The molecule has 2 atom stereocenters. The predicted molar refractivity (Wildman–Crippen MR) is 272 cm³/mol. The first-order valence-corrected chi connectivity index (χ1v) is 26.7. The number of hydrogen-bond donors (Lipinski definition) is 0. The first-order valence-electron chi connectivity index (χ1n) is 22.7. The Labute approximate surface area is 375 Å². The van der Waals surface area contributed by atoms with Crippen LogP contribution in [-0.2, 0) is 0 Å². The maximum atomic E-state index is 5.81. The largest absolute Gasteiger partial charge is 0.257 e. The van der Waals surface area contributed by atoms with Crippen LogP contribution in [0.5, 0.6) is 0 Å². The molecule has 2 aliphatic rings. The lowest BCUT2D eigenvalue weighted by Crippen LogP contribution is -2.68. The number of nitrogens with zero attached hydrogens (tertiary/aromatic N) is 1. The molecule has 63 heavy (non-hydrogen) atoms. The van der Waals surface area contributed by atoms with Gasteiger partial charge < -0.3 is 0 Å². The van der Waals surface area contributed by atoms with Crippen LogP contribution in [0.4, 0.5) is 0 Å². The minimum Gasteiger partial charge on any atom is -0.257 e. The molecule has 0 saturated carbocycles. The average molecular weight is 844 g/mol. The maximum absolute atomic E-state index is 5.81. The first-order chi connectivity index (χ1) is 31.2.